The van der Waals surface area contributed by atoms with Crippen LogP contribution in [-0.2, 0) is 13.1 Å². The number of nitrogens with zero attached hydrogens (tertiary/aromatic N) is 5. The molecule has 1 N–H and O–H groups in total. The molecule has 30 heavy (non-hydrogen) atoms. The van der Waals surface area contributed by atoms with Gasteiger partial charge in [0.1, 0.15) is 22.4 Å². The van der Waals surface area contributed by atoms with E-state index in [4.69, 9.17) is 0 Å². The molecule has 4 heterocycles. The third kappa shape index (κ3) is 4.37. The lowest BCUT2D eigenvalue weighted by Gasteiger charge is -2.31. The molecule has 5 rings (SSSR count). The lowest BCUT2D eigenvalue weighted by atomic mass is 9.95. The number of rotatable bonds is 3. The van der Waals surface area contributed by atoms with Crippen LogP contribution in [0.3, 0.4) is 0 Å². The largest absolute Gasteiger partial charge is 0.337 e. The Labute approximate surface area is 191 Å². The number of hydrogen-bond donors (Lipinski definition) is 1. The number of benzene rings is 1. The van der Waals surface area contributed by atoms with Gasteiger partial charge in [-0.3, -0.25) is 4.79 Å². The minimum absolute atomic E-state index is 0. The number of aromatic nitrogens is 4. The van der Waals surface area contributed by atoms with E-state index in [1.54, 1.807) is 0 Å². The minimum atomic E-state index is 0. The van der Waals surface area contributed by atoms with E-state index in [0.717, 1.165) is 67.8 Å². The van der Waals surface area contributed by atoms with Crippen LogP contribution in [0.5, 0.6) is 0 Å². The normalized spacial score (nSPS) is 16.3. The lowest BCUT2D eigenvalue weighted by molar-refractivity contribution is 0.0705. The molecule has 1 amide bonds. The van der Waals surface area contributed by atoms with Gasteiger partial charge in [-0.1, -0.05) is 30.3 Å². The molecule has 10 heteroatoms. The standard InChI is InChI=1S/C20H22N6OS.2ClH/c27-20(16-13-28-19(22-16)15-4-2-1-3-5-15)25-9-6-14(7-10-25)18-24-23-17-12-21-8-11-26(17)18;;/h1-5,13-14,21H,6-12H2;2*1H. The van der Waals surface area contributed by atoms with Gasteiger partial charge in [0, 0.05) is 43.0 Å². The molecule has 0 atom stereocenters. The summed E-state index contributed by atoms with van der Waals surface area (Å²) in [5, 5.41) is 14.9. The first-order chi connectivity index (χ1) is 13.8. The number of piperidine rings is 1. The number of carbonyl (C=O) groups is 1. The fourth-order valence-electron chi connectivity index (χ4n) is 4.00. The highest BCUT2D eigenvalue weighted by Crippen LogP contribution is 2.29. The molecule has 2 aliphatic heterocycles. The van der Waals surface area contributed by atoms with Crippen molar-refractivity contribution in [2.75, 3.05) is 19.6 Å². The predicted octanol–water partition coefficient (Wildman–Crippen LogP) is 3.37. The number of likely N-dealkylation sites (tertiary alicyclic amines) is 1. The van der Waals surface area contributed by atoms with E-state index in [0.29, 0.717) is 11.6 Å². The zero-order valence-corrected chi connectivity index (χ0v) is 18.8. The van der Waals surface area contributed by atoms with Crippen molar-refractivity contribution in [3.63, 3.8) is 0 Å². The van der Waals surface area contributed by atoms with Gasteiger partial charge >= 0.3 is 0 Å². The number of nitrogens with one attached hydrogen (secondary N) is 1. The average molecular weight is 467 g/mol. The van der Waals surface area contributed by atoms with Gasteiger partial charge in [0.25, 0.3) is 5.91 Å². The summed E-state index contributed by atoms with van der Waals surface area (Å²) in [4.78, 5) is 19.4. The highest BCUT2D eigenvalue weighted by atomic mass is 35.5. The van der Waals surface area contributed by atoms with Crippen molar-refractivity contribution in [2.45, 2.75) is 31.8 Å². The molecule has 0 saturated carbocycles. The maximum Gasteiger partial charge on any atom is 0.273 e. The molecule has 1 saturated heterocycles. The Bertz CT molecular complexity index is 984. The topological polar surface area (TPSA) is 75.9 Å². The van der Waals surface area contributed by atoms with Crippen LogP contribution >= 0.6 is 36.2 Å². The van der Waals surface area contributed by atoms with Crippen molar-refractivity contribution in [1.29, 1.82) is 0 Å². The molecule has 0 aliphatic carbocycles. The van der Waals surface area contributed by atoms with Crippen LogP contribution in [0.25, 0.3) is 10.6 Å². The van der Waals surface area contributed by atoms with Gasteiger partial charge in [-0.25, -0.2) is 4.98 Å². The van der Waals surface area contributed by atoms with Crippen LogP contribution in [0.15, 0.2) is 35.7 Å². The first-order valence-corrected chi connectivity index (χ1v) is 10.6. The molecule has 3 aromatic rings. The van der Waals surface area contributed by atoms with Crippen molar-refractivity contribution >= 4 is 42.1 Å². The highest BCUT2D eigenvalue weighted by molar-refractivity contribution is 7.13. The van der Waals surface area contributed by atoms with Crippen LogP contribution in [-0.4, -0.2) is 50.2 Å². The SMILES string of the molecule is Cl.Cl.O=C(c1csc(-c2ccccc2)n1)N1CCC(c2nnc3n2CCNC3)CC1. The summed E-state index contributed by atoms with van der Waals surface area (Å²) in [7, 11) is 0. The van der Waals surface area contributed by atoms with Gasteiger partial charge in [-0.2, -0.15) is 0 Å². The van der Waals surface area contributed by atoms with E-state index in [9.17, 15) is 4.79 Å². The maximum absolute atomic E-state index is 12.9. The first kappa shape index (κ1) is 22.7. The Morgan fingerprint density at radius 3 is 2.60 bits per heavy atom. The Morgan fingerprint density at radius 1 is 1.07 bits per heavy atom. The average Bonchev–Trinajstić information content (AvgIpc) is 3.42. The van der Waals surface area contributed by atoms with Crippen LogP contribution in [0.1, 0.15) is 40.9 Å². The van der Waals surface area contributed by atoms with E-state index in [1.807, 2.05) is 40.6 Å². The molecule has 160 valence electrons. The fraction of sp³-hybridized carbons (Fsp3) is 0.400. The molecule has 2 aromatic heterocycles. The number of amides is 1. The Morgan fingerprint density at radius 2 is 1.83 bits per heavy atom. The third-order valence-electron chi connectivity index (χ3n) is 5.54. The second kappa shape index (κ2) is 9.87. The molecule has 2 aliphatic rings. The second-order valence-electron chi connectivity index (χ2n) is 7.27. The smallest absolute Gasteiger partial charge is 0.273 e. The van der Waals surface area contributed by atoms with Crippen molar-refractivity contribution in [1.82, 2.24) is 30.0 Å². The van der Waals surface area contributed by atoms with Crippen molar-refractivity contribution in [3.05, 3.63) is 53.1 Å². The van der Waals surface area contributed by atoms with Crippen LogP contribution in [0.4, 0.5) is 0 Å². The molecule has 0 radical (unpaired) electrons. The second-order valence-corrected chi connectivity index (χ2v) is 8.13. The van der Waals surface area contributed by atoms with Gasteiger partial charge in [0.2, 0.25) is 0 Å². The van der Waals surface area contributed by atoms with Gasteiger partial charge in [-0.05, 0) is 12.8 Å². The molecule has 7 nitrogen and oxygen atoms in total. The monoisotopic (exact) mass is 466 g/mol. The van der Waals surface area contributed by atoms with Gasteiger partial charge in [0.05, 0.1) is 6.54 Å². The zero-order valence-electron chi connectivity index (χ0n) is 16.4. The highest BCUT2D eigenvalue weighted by Gasteiger charge is 2.29. The first-order valence-electron chi connectivity index (χ1n) is 9.72. The summed E-state index contributed by atoms with van der Waals surface area (Å²) in [6.45, 7) is 4.16. The Balaban J connectivity index is 0.00000128. The molecule has 0 unspecified atom stereocenters. The van der Waals surface area contributed by atoms with Crippen LogP contribution < -0.4 is 5.32 Å². The van der Waals surface area contributed by atoms with E-state index < -0.39 is 0 Å². The third-order valence-corrected chi connectivity index (χ3v) is 6.43. The van der Waals surface area contributed by atoms with Crippen molar-refractivity contribution in [2.24, 2.45) is 0 Å². The Hall–Kier alpha value is -2.00. The fourth-order valence-corrected chi connectivity index (χ4v) is 4.80. The molecule has 1 fully saturated rings. The summed E-state index contributed by atoms with van der Waals surface area (Å²) in [6.07, 6.45) is 1.85. The molecule has 1 aromatic carbocycles. The molecule has 0 bridgehead atoms. The van der Waals surface area contributed by atoms with Crippen molar-refractivity contribution < 1.29 is 4.79 Å². The van der Waals surface area contributed by atoms with Gasteiger partial charge in [0.15, 0.2) is 0 Å². The number of halogens is 2. The number of hydrogen-bond acceptors (Lipinski definition) is 6. The molecular weight excluding hydrogens is 443 g/mol. The van der Waals surface area contributed by atoms with Crippen LogP contribution in [0, 0.1) is 0 Å². The summed E-state index contributed by atoms with van der Waals surface area (Å²) in [6, 6.07) is 10.0. The summed E-state index contributed by atoms with van der Waals surface area (Å²) in [5.41, 5.74) is 1.60. The van der Waals surface area contributed by atoms with Gasteiger partial charge < -0.3 is 14.8 Å². The lowest BCUT2D eigenvalue weighted by Crippen LogP contribution is -2.39. The summed E-state index contributed by atoms with van der Waals surface area (Å²) < 4.78 is 2.26. The van der Waals surface area contributed by atoms with E-state index >= 15 is 0 Å². The molecule has 0 spiro atoms. The Kier molecular flexibility index (Phi) is 7.46. The predicted molar refractivity (Wildman–Crippen MR) is 122 cm³/mol. The van der Waals surface area contributed by atoms with Gasteiger partial charge in [-0.15, -0.1) is 46.3 Å². The van der Waals surface area contributed by atoms with E-state index in [-0.39, 0.29) is 30.7 Å². The number of thiazole rings is 1. The van der Waals surface area contributed by atoms with Crippen molar-refractivity contribution in [3.8, 4) is 10.6 Å². The maximum atomic E-state index is 12.9. The summed E-state index contributed by atoms with van der Waals surface area (Å²) >= 11 is 1.52. The molecular formula is C20H24Cl2N6OS. The van der Waals surface area contributed by atoms with E-state index in [1.165, 1.54) is 11.3 Å². The van der Waals surface area contributed by atoms with Crippen LogP contribution in [0.2, 0.25) is 0 Å². The van der Waals surface area contributed by atoms with E-state index in [2.05, 4.69) is 25.1 Å². The number of fused-ring (bicyclic) bond motifs is 1. The summed E-state index contributed by atoms with van der Waals surface area (Å²) in [5.74, 6) is 2.52. The minimum Gasteiger partial charge on any atom is -0.337 e. The quantitative estimate of drug-likeness (QED) is 0.640. The number of carbonyl (C=O) groups excluding carboxylic acids is 1. The zero-order chi connectivity index (χ0) is 18.9.